The topological polar surface area (TPSA) is 90.5 Å². The number of halogens is 1. The number of aromatic nitrogens is 4. The number of nitrogens with one attached hydrogen (secondary N) is 1. The molecule has 0 spiro atoms. The third-order valence-corrected chi connectivity index (χ3v) is 4.90. The minimum absolute atomic E-state index is 0.207. The molecule has 0 atom stereocenters. The van der Waals surface area contributed by atoms with Crippen molar-refractivity contribution >= 4 is 33.0 Å². The second kappa shape index (κ2) is 8.50. The molecule has 0 bridgehead atoms. The number of ether oxygens (including phenoxy) is 1. The highest BCUT2D eigenvalue weighted by molar-refractivity contribution is 9.10. The summed E-state index contributed by atoms with van der Waals surface area (Å²) in [5, 5.41) is 11.2. The van der Waals surface area contributed by atoms with Crippen molar-refractivity contribution in [3.8, 4) is 17.0 Å². The van der Waals surface area contributed by atoms with Gasteiger partial charge >= 0.3 is 0 Å². The number of benzene rings is 2. The maximum atomic E-state index is 12.8. The molecule has 1 amide bonds. The van der Waals surface area contributed by atoms with Crippen LogP contribution in [0.3, 0.4) is 0 Å². The molecule has 2 heterocycles. The maximum Gasteiger partial charge on any atom is 0.293 e. The molecule has 4 aromatic rings. The zero-order chi connectivity index (χ0) is 21.1. The number of amides is 1. The van der Waals surface area contributed by atoms with Crippen molar-refractivity contribution in [1.29, 1.82) is 0 Å². The number of nitrogens with zero attached hydrogens (tertiary/aromatic N) is 4. The molecular weight excluding hydrogens is 450 g/mol. The van der Waals surface area contributed by atoms with Gasteiger partial charge in [-0.25, -0.2) is 9.20 Å². The van der Waals surface area contributed by atoms with E-state index in [9.17, 15) is 9.59 Å². The van der Waals surface area contributed by atoms with Gasteiger partial charge in [-0.1, -0.05) is 28.1 Å². The molecule has 4 rings (SSSR count). The first-order valence-electron chi connectivity index (χ1n) is 9.27. The van der Waals surface area contributed by atoms with Crippen molar-refractivity contribution in [1.82, 2.24) is 19.4 Å². The highest BCUT2D eigenvalue weighted by atomic mass is 79.9. The average Bonchev–Trinajstić information content (AvgIpc) is 3.17. The van der Waals surface area contributed by atoms with Gasteiger partial charge in [0.15, 0.2) is 0 Å². The number of fused-ring (bicyclic) bond motifs is 1. The van der Waals surface area contributed by atoms with Crippen LogP contribution in [0.1, 0.15) is 6.92 Å². The number of carbonyl (C=O) groups excluding carboxylic acids is 1. The Morgan fingerprint density at radius 2 is 1.87 bits per heavy atom. The molecule has 152 valence electrons. The minimum atomic E-state index is -0.393. The van der Waals surface area contributed by atoms with E-state index in [1.165, 1.54) is 10.8 Å². The van der Waals surface area contributed by atoms with E-state index < -0.39 is 5.56 Å². The molecule has 1 N–H and O–H groups in total. The summed E-state index contributed by atoms with van der Waals surface area (Å²) >= 11 is 3.40. The molecule has 0 saturated carbocycles. The van der Waals surface area contributed by atoms with Crippen molar-refractivity contribution in [2.45, 2.75) is 13.5 Å². The summed E-state index contributed by atoms with van der Waals surface area (Å²) in [6.45, 7) is 2.27. The van der Waals surface area contributed by atoms with Crippen LogP contribution in [-0.4, -0.2) is 31.9 Å². The predicted molar refractivity (Wildman–Crippen MR) is 117 cm³/mol. The van der Waals surface area contributed by atoms with Crippen molar-refractivity contribution < 1.29 is 9.53 Å². The van der Waals surface area contributed by atoms with Gasteiger partial charge in [0.25, 0.3) is 5.56 Å². The minimum Gasteiger partial charge on any atom is -0.494 e. The Labute approximate surface area is 180 Å². The van der Waals surface area contributed by atoms with Gasteiger partial charge in [0.2, 0.25) is 5.91 Å². The van der Waals surface area contributed by atoms with Gasteiger partial charge in [-0.15, -0.1) is 0 Å². The Hall–Kier alpha value is -3.46. The van der Waals surface area contributed by atoms with Crippen LogP contribution in [0.5, 0.6) is 5.75 Å². The molecule has 0 saturated heterocycles. The van der Waals surface area contributed by atoms with Gasteiger partial charge in [0.1, 0.15) is 24.1 Å². The van der Waals surface area contributed by atoms with Crippen LogP contribution in [0.4, 0.5) is 5.69 Å². The quantitative estimate of drug-likeness (QED) is 0.469. The van der Waals surface area contributed by atoms with Gasteiger partial charge in [0.05, 0.1) is 12.3 Å². The second-order valence-corrected chi connectivity index (χ2v) is 7.38. The molecule has 0 fully saturated rings. The third-order valence-electron chi connectivity index (χ3n) is 4.37. The standard InChI is InChI=1S/C21H18BrN5O3/c1-2-30-17-9-7-16(8-10-17)24-20(28)12-26-21(29)19-11-18(25-27(19)13-23-26)14-3-5-15(22)6-4-14/h3-11,13H,2,12H2,1H3,(H,24,28). The fourth-order valence-electron chi connectivity index (χ4n) is 2.95. The molecule has 2 aromatic heterocycles. The van der Waals surface area contributed by atoms with Gasteiger partial charge in [-0.3, -0.25) is 9.59 Å². The number of rotatable bonds is 6. The Kier molecular flexibility index (Phi) is 5.62. The molecule has 0 aliphatic rings. The Morgan fingerprint density at radius 3 is 2.57 bits per heavy atom. The van der Waals surface area contributed by atoms with E-state index in [1.807, 2.05) is 31.2 Å². The van der Waals surface area contributed by atoms with Gasteiger partial charge in [-0.05, 0) is 49.4 Å². The van der Waals surface area contributed by atoms with Crippen molar-refractivity contribution in [3.63, 3.8) is 0 Å². The lowest BCUT2D eigenvalue weighted by atomic mass is 10.1. The summed E-state index contributed by atoms with van der Waals surface area (Å²) in [7, 11) is 0. The lowest BCUT2D eigenvalue weighted by Crippen LogP contribution is -2.30. The van der Waals surface area contributed by atoms with Crippen LogP contribution in [0.2, 0.25) is 0 Å². The third kappa shape index (κ3) is 4.25. The molecule has 9 heteroatoms. The van der Waals surface area contributed by atoms with Crippen LogP contribution in [0.25, 0.3) is 16.8 Å². The molecule has 30 heavy (non-hydrogen) atoms. The average molecular weight is 468 g/mol. The fraction of sp³-hybridized carbons (Fsp3) is 0.143. The van der Waals surface area contributed by atoms with Crippen LogP contribution < -0.4 is 15.6 Å². The van der Waals surface area contributed by atoms with Crippen molar-refractivity contribution in [2.75, 3.05) is 11.9 Å². The van der Waals surface area contributed by atoms with Gasteiger partial charge < -0.3 is 10.1 Å². The highest BCUT2D eigenvalue weighted by Gasteiger charge is 2.12. The molecule has 0 aliphatic heterocycles. The van der Waals surface area contributed by atoms with Crippen LogP contribution in [0, 0.1) is 0 Å². The Morgan fingerprint density at radius 1 is 1.13 bits per heavy atom. The summed E-state index contributed by atoms with van der Waals surface area (Å²) in [5.41, 5.74) is 2.09. The summed E-state index contributed by atoms with van der Waals surface area (Å²) in [4.78, 5) is 25.1. The van der Waals surface area contributed by atoms with Crippen LogP contribution >= 0.6 is 15.9 Å². The lowest BCUT2D eigenvalue weighted by Gasteiger charge is -2.08. The monoisotopic (exact) mass is 467 g/mol. The molecule has 0 radical (unpaired) electrons. The van der Waals surface area contributed by atoms with E-state index in [-0.39, 0.29) is 12.5 Å². The smallest absolute Gasteiger partial charge is 0.293 e. The molecule has 2 aromatic carbocycles. The first-order valence-corrected chi connectivity index (χ1v) is 10.1. The Bertz CT molecular complexity index is 1250. The number of carbonyl (C=O) groups is 1. The van der Waals surface area contributed by atoms with E-state index >= 15 is 0 Å². The highest BCUT2D eigenvalue weighted by Crippen LogP contribution is 2.21. The molecular formula is C21H18BrN5O3. The molecule has 0 unspecified atom stereocenters. The Balaban J connectivity index is 1.52. The van der Waals surface area contributed by atoms with Crippen LogP contribution in [0.15, 0.2) is 70.2 Å². The van der Waals surface area contributed by atoms with Crippen molar-refractivity contribution in [3.05, 3.63) is 75.8 Å². The van der Waals surface area contributed by atoms with Gasteiger partial charge in [-0.2, -0.15) is 10.2 Å². The largest absolute Gasteiger partial charge is 0.494 e. The van der Waals surface area contributed by atoms with E-state index in [4.69, 9.17) is 4.74 Å². The molecule has 0 aliphatic carbocycles. The predicted octanol–water partition coefficient (Wildman–Crippen LogP) is 3.36. The normalized spacial score (nSPS) is 10.9. The SMILES string of the molecule is CCOc1ccc(NC(=O)Cn2ncn3nc(-c4ccc(Br)cc4)cc3c2=O)cc1. The first kappa shape index (κ1) is 19.8. The van der Waals surface area contributed by atoms with E-state index in [0.29, 0.717) is 23.5 Å². The van der Waals surface area contributed by atoms with Gasteiger partial charge in [0, 0.05) is 15.7 Å². The zero-order valence-electron chi connectivity index (χ0n) is 16.1. The zero-order valence-corrected chi connectivity index (χ0v) is 17.7. The van der Waals surface area contributed by atoms with E-state index in [2.05, 4.69) is 31.4 Å². The van der Waals surface area contributed by atoms with E-state index in [0.717, 1.165) is 20.5 Å². The number of hydrogen-bond donors (Lipinski definition) is 1. The summed E-state index contributed by atoms with van der Waals surface area (Å²) in [5.74, 6) is 0.368. The lowest BCUT2D eigenvalue weighted by molar-refractivity contribution is -0.117. The van der Waals surface area contributed by atoms with Crippen molar-refractivity contribution in [2.24, 2.45) is 0 Å². The number of hydrogen-bond acceptors (Lipinski definition) is 5. The summed E-state index contributed by atoms with van der Waals surface area (Å²) in [6.07, 6.45) is 1.42. The fourth-order valence-corrected chi connectivity index (χ4v) is 3.21. The first-order chi connectivity index (χ1) is 14.5. The summed E-state index contributed by atoms with van der Waals surface area (Å²) in [6, 6.07) is 16.3. The van der Waals surface area contributed by atoms with E-state index in [1.54, 1.807) is 30.3 Å². The maximum absolute atomic E-state index is 12.8. The molecule has 8 nitrogen and oxygen atoms in total. The second-order valence-electron chi connectivity index (χ2n) is 6.47. The van der Waals surface area contributed by atoms with Crippen LogP contribution in [-0.2, 0) is 11.3 Å². The summed E-state index contributed by atoms with van der Waals surface area (Å²) < 4.78 is 8.87. The number of anilines is 1.